The summed E-state index contributed by atoms with van der Waals surface area (Å²) in [4.78, 5) is 17.9. The lowest BCUT2D eigenvalue weighted by atomic mass is 10.1. The van der Waals surface area contributed by atoms with Gasteiger partial charge in [-0.05, 0) is 36.2 Å². The summed E-state index contributed by atoms with van der Waals surface area (Å²) in [6, 6.07) is 12.9. The van der Waals surface area contributed by atoms with Gasteiger partial charge in [0.25, 0.3) is 5.91 Å². The van der Waals surface area contributed by atoms with E-state index in [4.69, 9.17) is 5.26 Å². The molecule has 0 atom stereocenters. The number of carbonyl (C=O) groups is 1. The van der Waals surface area contributed by atoms with Crippen molar-refractivity contribution in [3.63, 3.8) is 0 Å². The molecule has 0 fully saturated rings. The number of nitrogens with zero attached hydrogens (tertiary/aromatic N) is 3. The van der Waals surface area contributed by atoms with Gasteiger partial charge >= 0.3 is 0 Å². The minimum absolute atomic E-state index is 0.120. The number of anilines is 1. The van der Waals surface area contributed by atoms with Crippen molar-refractivity contribution in [1.82, 2.24) is 4.98 Å². The molecule has 4 nitrogen and oxygen atoms in total. The number of aryl methyl sites for hydroxylation is 1. The standard InChI is InChI=1S/C16H15N3O/c1-3-12-4-7-14(8-5-12)16(20)19(2)15-9-6-13(10-17)11-18-15/h4-9,11H,3H2,1-2H3. The molecule has 0 aliphatic heterocycles. The molecule has 0 N–H and O–H groups in total. The molecule has 2 aromatic rings. The fourth-order valence-electron chi connectivity index (χ4n) is 1.83. The third kappa shape index (κ3) is 2.83. The maximum Gasteiger partial charge on any atom is 0.259 e. The number of amides is 1. The van der Waals surface area contributed by atoms with Gasteiger partial charge in [0, 0.05) is 18.8 Å². The zero-order valence-electron chi connectivity index (χ0n) is 11.5. The minimum atomic E-state index is -0.120. The maximum atomic E-state index is 12.3. The van der Waals surface area contributed by atoms with Gasteiger partial charge in [-0.3, -0.25) is 9.69 Å². The van der Waals surface area contributed by atoms with Crippen LogP contribution in [0.4, 0.5) is 5.82 Å². The van der Waals surface area contributed by atoms with E-state index in [1.54, 1.807) is 19.2 Å². The number of pyridine rings is 1. The highest BCUT2D eigenvalue weighted by Gasteiger charge is 2.14. The van der Waals surface area contributed by atoms with Gasteiger partial charge in [0.15, 0.2) is 0 Å². The summed E-state index contributed by atoms with van der Waals surface area (Å²) >= 11 is 0. The molecule has 0 spiro atoms. The van der Waals surface area contributed by atoms with Crippen LogP contribution in [0.2, 0.25) is 0 Å². The van der Waals surface area contributed by atoms with Crippen LogP contribution >= 0.6 is 0 Å². The Labute approximate surface area is 118 Å². The van der Waals surface area contributed by atoms with Crippen molar-refractivity contribution in [2.75, 3.05) is 11.9 Å². The van der Waals surface area contributed by atoms with Crippen molar-refractivity contribution >= 4 is 11.7 Å². The van der Waals surface area contributed by atoms with E-state index < -0.39 is 0 Å². The summed E-state index contributed by atoms with van der Waals surface area (Å²) in [6.45, 7) is 2.07. The van der Waals surface area contributed by atoms with Crippen molar-refractivity contribution in [2.24, 2.45) is 0 Å². The summed E-state index contributed by atoms with van der Waals surface area (Å²) in [5.41, 5.74) is 2.29. The summed E-state index contributed by atoms with van der Waals surface area (Å²) in [7, 11) is 1.67. The highest BCUT2D eigenvalue weighted by molar-refractivity contribution is 6.05. The lowest BCUT2D eigenvalue weighted by molar-refractivity contribution is 0.0992. The Balaban J connectivity index is 2.20. The number of benzene rings is 1. The third-order valence-corrected chi connectivity index (χ3v) is 3.13. The van der Waals surface area contributed by atoms with Gasteiger partial charge < -0.3 is 0 Å². The molecular weight excluding hydrogens is 250 g/mol. The van der Waals surface area contributed by atoms with Crippen LogP contribution in [0.3, 0.4) is 0 Å². The quantitative estimate of drug-likeness (QED) is 0.857. The van der Waals surface area contributed by atoms with Crippen LogP contribution in [0.25, 0.3) is 0 Å². The van der Waals surface area contributed by atoms with Gasteiger partial charge in [-0.2, -0.15) is 5.26 Å². The first-order chi connectivity index (χ1) is 9.65. The molecule has 0 saturated carbocycles. The van der Waals surface area contributed by atoms with Gasteiger partial charge in [-0.25, -0.2) is 4.98 Å². The Morgan fingerprint density at radius 3 is 2.45 bits per heavy atom. The van der Waals surface area contributed by atoms with Crippen molar-refractivity contribution < 1.29 is 4.79 Å². The van der Waals surface area contributed by atoms with Crippen LogP contribution in [0.5, 0.6) is 0 Å². The number of hydrogen-bond acceptors (Lipinski definition) is 3. The molecule has 0 aliphatic rings. The number of aromatic nitrogens is 1. The molecule has 0 saturated heterocycles. The molecule has 0 aliphatic carbocycles. The molecule has 1 amide bonds. The van der Waals surface area contributed by atoms with E-state index in [2.05, 4.69) is 11.9 Å². The summed E-state index contributed by atoms with van der Waals surface area (Å²) in [5.74, 6) is 0.401. The van der Waals surface area contributed by atoms with E-state index in [-0.39, 0.29) is 5.91 Å². The Morgan fingerprint density at radius 1 is 1.25 bits per heavy atom. The van der Waals surface area contributed by atoms with Gasteiger partial charge in [0.1, 0.15) is 11.9 Å². The van der Waals surface area contributed by atoms with Crippen molar-refractivity contribution in [2.45, 2.75) is 13.3 Å². The fraction of sp³-hybridized carbons (Fsp3) is 0.188. The zero-order chi connectivity index (χ0) is 14.5. The van der Waals surface area contributed by atoms with Gasteiger partial charge in [0.05, 0.1) is 5.56 Å². The third-order valence-electron chi connectivity index (χ3n) is 3.13. The van der Waals surface area contributed by atoms with E-state index in [9.17, 15) is 4.79 Å². The highest BCUT2D eigenvalue weighted by atomic mass is 16.2. The summed E-state index contributed by atoms with van der Waals surface area (Å²) in [6.07, 6.45) is 2.40. The first-order valence-electron chi connectivity index (χ1n) is 6.39. The predicted octanol–water partition coefficient (Wildman–Crippen LogP) is 2.79. The number of nitriles is 1. The summed E-state index contributed by atoms with van der Waals surface area (Å²) < 4.78 is 0. The van der Waals surface area contributed by atoms with Crippen LogP contribution in [-0.2, 0) is 6.42 Å². The topological polar surface area (TPSA) is 57.0 Å². The van der Waals surface area contributed by atoms with E-state index in [0.717, 1.165) is 6.42 Å². The Kier molecular flexibility index (Phi) is 4.11. The van der Waals surface area contributed by atoms with Gasteiger partial charge in [0.2, 0.25) is 0 Å². The zero-order valence-corrected chi connectivity index (χ0v) is 11.5. The van der Waals surface area contributed by atoms with Crippen molar-refractivity contribution in [3.8, 4) is 6.07 Å². The molecular formula is C16H15N3O. The Hall–Kier alpha value is -2.67. The number of carbonyl (C=O) groups excluding carboxylic acids is 1. The Bertz CT molecular complexity index is 639. The lowest BCUT2D eigenvalue weighted by Gasteiger charge is -2.16. The first-order valence-corrected chi connectivity index (χ1v) is 6.39. The average molecular weight is 265 g/mol. The van der Waals surface area contributed by atoms with Gasteiger partial charge in [-0.1, -0.05) is 19.1 Å². The van der Waals surface area contributed by atoms with Crippen molar-refractivity contribution in [1.29, 1.82) is 5.26 Å². The Morgan fingerprint density at radius 2 is 1.95 bits per heavy atom. The van der Waals surface area contributed by atoms with E-state index >= 15 is 0 Å². The van der Waals surface area contributed by atoms with Crippen LogP contribution in [-0.4, -0.2) is 17.9 Å². The number of hydrogen-bond donors (Lipinski definition) is 0. The molecule has 20 heavy (non-hydrogen) atoms. The van der Waals surface area contributed by atoms with Crippen LogP contribution in [0.1, 0.15) is 28.4 Å². The van der Waals surface area contributed by atoms with E-state index in [1.807, 2.05) is 30.3 Å². The second kappa shape index (κ2) is 5.98. The lowest BCUT2D eigenvalue weighted by Crippen LogP contribution is -2.27. The molecule has 4 heteroatoms. The molecule has 1 aromatic heterocycles. The van der Waals surface area contributed by atoms with Crippen LogP contribution in [0.15, 0.2) is 42.6 Å². The molecule has 1 heterocycles. The van der Waals surface area contributed by atoms with E-state index in [0.29, 0.717) is 16.9 Å². The summed E-state index contributed by atoms with van der Waals surface area (Å²) in [5, 5.41) is 8.73. The monoisotopic (exact) mass is 265 g/mol. The maximum absolute atomic E-state index is 12.3. The van der Waals surface area contributed by atoms with Crippen molar-refractivity contribution in [3.05, 3.63) is 59.3 Å². The highest BCUT2D eigenvalue weighted by Crippen LogP contribution is 2.14. The molecule has 100 valence electrons. The molecule has 0 radical (unpaired) electrons. The smallest absolute Gasteiger partial charge is 0.259 e. The number of rotatable bonds is 3. The molecule has 0 unspecified atom stereocenters. The molecule has 0 bridgehead atoms. The van der Waals surface area contributed by atoms with Crippen LogP contribution in [0, 0.1) is 11.3 Å². The predicted molar refractivity (Wildman–Crippen MR) is 77.5 cm³/mol. The minimum Gasteiger partial charge on any atom is -0.296 e. The largest absolute Gasteiger partial charge is 0.296 e. The average Bonchev–Trinajstić information content (AvgIpc) is 2.53. The van der Waals surface area contributed by atoms with E-state index in [1.165, 1.54) is 16.7 Å². The first kappa shape index (κ1) is 13.8. The SMILES string of the molecule is CCc1ccc(C(=O)N(C)c2ccc(C#N)cn2)cc1. The second-order valence-electron chi connectivity index (χ2n) is 4.43. The second-order valence-corrected chi connectivity index (χ2v) is 4.43. The normalized spacial score (nSPS) is 9.85. The van der Waals surface area contributed by atoms with Gasteiger partial charge in [-0.15, -0.1) is 0 Å². The molecule has 1 aromatic carbocycles. The van der Waals surface area contributed by atoms with Crippen LogP contribution < -0.4 is 4.90 Å². The molecule has 2 rings (SSSR count). The fourth-order valence-corrected chi connectivity index (χ4v) is 1.83.